The predicted molar refractivity (Wildman–Crippen MR) is 46.2 cm³/mol. The molecule has 0 amide bonds. The lowest BCUT2D eigenvalue weighted by atomic mass is 10.8. The van der Waals surface area contributed by atoms with Crippen molar-refractivity contribution in [3.8, 4) is 12.0 Å². The summed E-state index contributed by atoms with van der Waals surface area (Å²) in [4.78, 5) is 0. The topological polar surface area (TPSA) is 0 Å². The zero-order valence-corrected chi connectivity index (χ0v) is 7.57. The van der Waals surface area contributed by atoms with Gasteiger partial charge in [-0.25, -0.2) is 0 Å². The number of hydrogen-bond donors (Lipinski definition) is 0. The molecule has 0 bridgehead atoms. The molecule has 0 radical (unpaired) electrons. The van der Waals surface area contributed by atoms with Crippen LogP contribution in [0.15, 0.2) is 11.8 Å². The molecule has 0 aromatic carbocycles. The van der Waals surface area contributed by atoms with Gasteiger partial charge < -0.3 is 0 Å². The van der Waals surface area contributed by atoms with Gasteiger partial charge in [0.2, 0.25) is 0 Å². The zero-order valence-electron chi connectivity index (χ0n) is 5.82. The van der Waals surface area contributed by atoms with Gasteiger partial charge in [0.25, 0.3) is 0 Å². The third-order valence-corrected chi connectivity index (χ3v) is 2.99. The van der Waals surface area contributed by atoms with Gasteiger partial charge in [0.1, 0.15) is 0 Å². The van der Waals surface area contributed by atoms with Crippen molar-refractivity contribution < 1.29 is 0 Å². The van der Waals surface area contributed by atoms with Crippen LogP contribution >= 0.6 is 11.6 Å². The van der Waals surface area contributed by atoms with Gasteiger partial charge >= 0.3 is 0 Å². The molecule has 0 aliphatic carbocycles. The summed E-state index contributed by atoms with van der Waals surface area (Å²) in [7, 11) is -1.44. The molecule has 0 N–H and O–H groups in total. The molecule has 50 valence electrons. The van der Waals surface area contributed by atoms with Gasteiger partial charge in [-0.15, -0.1) is 23.6 Å². The fourth-order valence-corrected chi connectivity index (χ4v) is 1.43. The van der Waals surface area contributed by atoms with E-state index in [1.807, 2.05) is 6.08 Å². The van der Waals surface area contributed by atoms with Crippen molar-refractivity contribution in [2.45, 2.75) is 13.1 Å². The Kier molecular flexibility index (Phi) is 3.68. The summed E-state index contributed by atoms with van der Waals surface area (Å²) < 4.78 is 0. The zero-order chi connectivity index (χ0) is 7.33. The first-order chi connectivity index (χ1) is 4.12. The summed E-state index contributed by atoms with van der Waals surface area (Å²) >= 11 is 5.43. The van der Waals surface area contributed by atoms with Gasteiger partial charge in [-0.2, -0.15) is 0 Å². The molecule has 0 heterocycles. The highest BCUT2D eigenvalue weighted by Gasteiger charge is 2.10. The van der Waals surface area contributed by atoms with E-state index in [0.717, 1.165) is 0 Å². The van der Waals surface area contributed by atoms with Crippen LogP contribution in [0, 0.1) is 12.0 Å². The lowest BCUT2D eigenvalue weighted by Gasteiger charge is -2.05. The van der Waals surface area contributed by atoms with Crippen molar-refractivity contribution in [2.75, 3.05) is 5.88 Å². The fourth-order valence-electron chi connectivity index (χ4n) is 0.387. The summed E-state index contributed by atoms with van der Waals surface area (Å²) in [6.45, 7) is 4.21. The van der Waals surface area contributed by atoms with Crippen LogP contribution in [-0.4, -0.2) is 14.0 Å². The standard InChI is InChI=1S/C7H11ClSi/c1-4-9(2,3)7-5-6-8/h1,5,7H,6H2,2-3H3/b7-5+. The van der Waals surface area contributed by atoms with Gasteiger partial charge in [-0.1, -0.05) is 24.9 Å². The molecule has 0 aliphatic rings. The van der Waals surface area contributed by atoms with E-state index in [1.54, 1.807) is 0 Å². The average molecular weight is 159 g/mol. The van der Waals surface area contributed by atoms with Crippen LogP contribution in [0.1, 0.15) is 0 Å². The molecule has 0 spiro atoms. The highest BCUT2D eigenvalue weighted by molar-refractivity contribution is 6.89. The molecule has 9 heavy (non-hydrogen) atoms. The van der Waals surface area contributed by atoms with E-state index in [0.29, 0.717) is 5.88 Å². The van der Waals surface area contributed by atoms with E-state index in [2.05, 4.69) is 24.3 Å². The van der Waals surface area contributed by atoms with E-state index in [1.165, 1.54) is 0 Å². The highest BCUT2D eigenvalue weighted by atomic mass is 35.5. The first-order valence-electron chi connectivity index (χ1n) is 2.84. The van der Waals surface area contributed by atoms with Crippen LogP contribution in [0.3, 0.4) is 0 Å². The number of allylic oxidation sites excluding steroid dienone is 1. The van der Waals surface area contributed by atoms with Gasteiger partial charge in [-0.3, -0.25) is 0 Å². The van der Waals surface area contributed by atoms with Crippen molar-refractivity contribution >= 4 is 19.7 Å². The minimum atomic E-state index is -1.44. The Hall–Kier alpha value is -0.193. The van der Waals surface area contributed by atoms with Crippen LogP contribution < -0.4 is 0 Å². The first kappa shape index (κ1) is 8.81. The molecule has 0 aromatic heterocycles. The lowest BCUT2D eigenvalue weighted by Crippen LogP contribution is -2.19. The SMILES string of the molecule is C#C[Si](C)(C)/C=C/CCl. The maximum atomic E-state index is 5.43. The molecular weight excluding hydrogens is 148 g/mol. The van der Waals surface area contributed by atoms with Crippen molar-refractivity contribution in [3.63, 3.8) is 0 Å². The third-order valence-electron chi connectivity index (χ3n) is 0.996. The van der Waals surface area contributed by atoms with Gasteiger partial charge in [-0.05, 0) is 0 Å². The molecule has 0 aliphatic heterocycles. The number of hydrogen-bond acceptors (Lipinski definition) is 0. The largest absolute Gasteiger partial charge is 0.154 e. The Bertz CT molecular complexity index is 141. The normalized spacial score (nSPS) is 11.8. The van der Waals surface area contributed by atoms with E-state index >= 15 is 0 Å². The quantitative estimate of drug-likeness (QED) is 0.329. The van der Waals surface area contributed by atoms with Crippen LogP contribution in [0.25, 0.3) is 0 Å². The Morgan fingerprint density at radius 3 is 2.56 bits per heavy atom. The highest BCUT2D eigenvalue weighted by Crippen LogP contribution is 2.00. The van der Waals surface area contributed by atoms with Crippen molar-refractivity contribution in [1.82, 2.24) is 0 Å². The molecule has 0 unspecified atom stereocenters. The Morgan fingerprint density at radius 1 is 1.67 bits per heavy atom. The van der Waals surface area contributed by atoms with Crippen molar-refractivity contribution in [3.05, 3.63) is 11.8 Å². The predicted octanol–water partition coefficient (Wildman–Crippen LogP) is 2.20. The summed E-state index contributed by atoms with van der Waals surface area (Å²) in [5.41, 5.74) is 4.84. The lowest BCUT2D eigenvalue weighted by molar-refractivity contribution is 1.74. The molecule has 2 heteroatoms. The van der Waals surface area contributed by atoms with E-state index in [9.17, 15) is 0 Å². The average Bonchev–Trinajstić information content (AvgIpc) is 1.84. The molecule has 0 atom stereocenters. The second kappa shape index (κ2) is 3.76. The molecule has 0 nitrogen and oxygen atoms in total. The van der Waals surface area contributed by atoms with Gasteiger partial charge in [0.15, 0.2) is 8.07 Å². The second-order valence-corrected chi connectivity index (χ2v) is 6.80. The minimum absolute atomic E-state index is 0.568. The molecule has 0 fully saturated rings. The maximum Gasteiger partial charge on any atom is 0.154 e. The summed E-state index contributed by atoms with van der Waals surface area (Å²) in [5.74, 6) is 0.568. The van der Waals surface area contributed by atoms with Crippen LogP contribution in [0.5, 0.6) is 0 Å². The van der Waals surface area contributed by atoms with Crippen molar-refractivity contribution in [1.29, 1.82) is 0 Å². The Labute approximate surface area is 62.9 Å². The minimum Gasteiger partial charge on any atom is -0.130 e. The van der Waals surface area contributed by atoms with E-state index in [-0.39, 0.29) is 0 Å². The number of terminal acetylenes is 1. The van der Waals surface area contributed by atoms with Crippen LogP contribution in [0.2, 0.25) is 13.1 Å². The van der Waals surface area contributed by atoms with Crippen LogP contribution in [0.4, 0.5) is 0 Å². The number of rotatable bonds is 2. The second-order valence-electron chi connectivity index (χ2n) is 2.42. The summed E-state index contributed by atoms with van der Waals surface area (Å²) in [6.07, 6.45) is 7.19. The number of halogens is 1. The molecule has 0 aromatic rings. The van der Waals surface area contributed by atoms with Gasteiger partial charge in [0.05, 0.1) is 0 Å². The molecule has 0 saturated heterocycles. The number of alkyl halides is 1. The summed E-state index contributed by atoms with van der Waals surface area (Å²) in [5, 5.41) is 0. The Morgan fingerprint density at radius 2 is 2.22 bits per heavy atom. The van der Waals surface area contributed by atoms with E-state index < -0.39 is 8.07 Å². The molecule has 0 saturated carbocycles. The molecular formula is C7H11ClSi. The van der Waals surface area contributed by atoms with Gasteiger partial charge in [0, 0.05) is 5.88 Å². The Balaban J connectivity index is 3.90. The smallest absolute Gasteiger partial charge is 0.130 e. The van der Waals surface area contributed by atoms with Crippen LogP contribution in [-0.2, 0) is 0 Å². The maximum absolute atomic E-state index is 5.43. The fraction of sp³-hybridized carbons (Fsp3) is 0.429. The monoisotopic (exact) mass is 158 g/mol. The molecule has 0 rings (SSSR count). The third kappa shape index (κ3) is 4.32. The summed E-state index contributed by atoms with van der Waals surface area (Å²) in [6, 6.07) is 0. The van der Waals surface area contributed by atoms with E-state index in [4.69, 9.17) is 18.0 Å². The van der Waals surface area contributed by atoms with Crippen molar-refractivity contribution in [2.24, 2.45) is 0 Å². The first-order valence-corrected chi connectivity index (χ1v) is 6.45.